The summed E-state index contributed by atoms with van der Waals surface area (Å²) in [5, 5.41) is 8.04. The van der Waals surface area contributed by atoms with Crippen LogP contribution < -0.4 is 0 Å². The van der Waals surface area contributed by atoms with Crippen LogP contribution in [0.3, 0.4) is 0 Å². The largest absolute Gasteiger partial charge is 0.435 e. The second-order valence-corrected chi connectivity index (χ2v) is 1.71. The van der Waals surface area contributed by atoms with Crippen LogP contribution in [0.5, 0.6) is 0 Å². The molecular weight excluding hydrogens is 131 g/mol. The Balaban J connectivity index is 3.16. The third-order valence-electron chi connectivity index (χ3n) is 0.370. The lowest BCUT2D eigenvalue weighted by molar-refractivity contribution is 0.334. The van der Waals surface area contributed by atoms with Gasteiger partial charge < -0.3 is 14.5 Å². The van der Waals surface area contributed by atoms with Gasteiger partial charge in [0.1, 0.15) is 0 Å². The van der Waals surface area contributed by atoms with Gasteiger partial charge >= 0.3 is 8.25 Å². The highest BCUT2D eigenvalue weighted by molar-refractivity contribution is 7.32. The van der Waals surface area contributed by atoms with Gasteiger partial charge in [0.25, 0.3) is 0 Å². The van der Waals surface area contributed by atoms with E-state index in [2.05, 4.69) is 4.52 Å². The fraction of sp³-hybridized carbons (Fsp3) is 0.333. The zero-order valence-electron chi connectivity index (χ0n) is 4.07. The fourth-order valence-electron chi connectivity index (χ4n) is 0.149. The monoisotopic (exact) mass is 138 g/mol. The van der Waals surface area contributed by atoms with E-state index in [4.69, 9.17) is 10.00 Å². The van der Waals surface area contributed by atoms with E-state index < -0.39 is 8.25 Å². The maximum Gasteiger partial charge on any atom is 0.364 e. The topological polar surface area (TPSA) is 66.8 Å². The van der Waals surface area contributed by atoms with Crippen molar-refractivity contribution in [2.75, 3.05) is 6.61 Å². The molecule has 0 rings (SSSR count). The minimum Gasteiger partial charge on any atom is -0.435 e. The van der Waals surface area contributed by atoms with Crippen LogP contribution in [0.4, 0.5) is 0 Å². The lowest BCUT2D eigenvalue weighted by atomic mass is 10.7. The number of aliphatic hydroxyl groups is 1. The summed E-state index contributed by atoms with van der Waals surface area (Å²) >= 11 is 0. The molecule has 2 N–H and O–H groups in total. The average molecular weight is 138 g/mol. The molecule has 1 unspecified atom stereocenters. The van der Waals surface area contributed by atoms with Gasteiger partial charge in [-0.3, -0.25) is 0 Å². The summed E-state index contributed by atoms with van der Waals surface area (Å²) in [7, 11) is -2.86. The standard InChI is InChI=1S/C3H7O4P/c4-2-1-3-7-8(5)6/h1,3-4,8H,2H2,(H,5,6)/b3-1+. The third-order valence-corrected chi connectivity index (χ3v) is 0.708. The second kappa shape index (κ2) is 4.84. The molecule has 0 bridgehead atoms. The molecule has 0 aliphatic rings. The van der Waals surface area contributed by atoms with E-state index in [0.717, 1.165) is 6.26 Å². The highest BCUT2D eigenvalue weighted by Crippen LogP contribution is 2.13. The van der Waals surface area contributed by atoms with Crippen molar-refractivity contribution in [2.45, 2.75) is 0 Å². The first-order valence-electron chi connectivity index (χ1n) is 1.93. The van der Waals surface area contributed by atoms with Crippen molar-refractivity contribution in [3.63, 3.8) is 0 Å². The van der Waals surface area contributed by atoms with Crippen LogP contribution in [0.2, 0.25) is 0 Å². The van der Waals surface area contributed by atoms with Gasteiger partial charge in [0.2, 0.25) is 0 Å². The van der Waals surface area contributed by atoms with E-state index in [-0.39, 0.29) is 6.61 Å². The van der Waals surface area contributed by atoms with Gasteiger partial charge in [0.15, 0.2) is 0 Å². The molecule has 0 aromatic rings. The minimum atomic E-state index is -2.86. The second-order valence-electron chi connectivity index (χ2n) is 0.938. The van der Waals surface area contributed by atoms with Crippen LogP contribution >= 0.6 is 8.25 Å². The van der Waals surface area contributed by atoms with Crippen LogP contribution in [0.1, 0.15) is 0 Å². The zero-order valence-corrected chi connectivity index (χ0v) is 5.07. The number of hydrogen-bond acceptors (Lipinski definition) is 3. The van der Waals surface area contributed by atoms with Crippen molar-refractivity contribution in [3.05, 3.63) is 12.3 Å². The molecule has 48 valence electrons. The molecule has 1 atom stereocenters. The van der Waals surface area contributed by atoms with Gasteiger partial charge in [-0.15, -0.1) is 0 Å². The summed E-state index contributed by atoms with van der Waals surface area (Å²) in [5.41, 5.74) is 0. The van der Waals surface area contributed by atoms with Crippen molar-refractivity contribution < 1.29 is 19.1 Å². The highest BCUT2D eigenvalue weighted by atomic mass is 31.1. The molecule has 0 aliphatic carbocycles. The Kier molecular flexibility index (Phi) is 4.65. The van der Waals surface area contributed by atoms with Crippen molar-refractivity contribution >= 4 is 8.25 Å². The molecule has 5 heteroatoms. The smallest absolute Gasteiger partial charge is 0.364 e. The van der Waals surface area contributed by atoms with E-state index >= 15 is 0 Å². The maximum atomic E-state index is 9.70. The van der Waals surface area contributed by atoms with Crippen LogP contribution in [0, 0.1) is 0 Å². The first-order valence-corrected chi connectivity index (χ1v) is 3.19. The first kappa shape index (κ1) is 7.69. The molecule has 0 fully saturated rings. The fourth-order valence-corrected chi connectivity index (χ4v) is 0.362. The van der Waals surface area contributed by atoms with E-state index in [1.165, 1.54) is 6.08 Å². The molecule has 0 spiro atoms. The van der Waals surface area contributed by atoms with Gasteiger partial charge in [-0.05, 0) is 6.08 Å². The Morgan fingerprint density at radius 3 is 2.75 bits per heavy atom. The molecule has 0 aliphatic heterocycles. The summed E-state index contributed by atoms with van der Waals surface area (Å²) < 4.78 is 13.7. The van der Waals surface area contributed by atoms with Crippen molar-refractivity contribution in [1.82, 2.24) is 0 Å². The summed E-state index contributed by atoms with van der Waals surface area (Å²) in [6.45, 7) is -0.185. The van der Waals surface area contributed by atoms with Crippen molar-refractivity contribution in [1.29, 1.82) is 0 Å². The third kappa shape index (κ3) is 5.69. The molecule has 8 heavy (non-hydrogen) atoms. The van der Waals surface area contributed by atoms with Crippen LogP contribution in [-0.2, 0) is 9.09 Å². The quantitative estimate of drug-likeness (QED) is 0.421. The lowest BCUT2D eigenvalue weighted by Crippen LogP contribution is -1.70. The van der Waals surface area contributed by atoms with E-state index in [0.29, 0.717) is 0 Å². The molecular formula is C3H7O4P. The molecule has 0 saturated carbocycles. The van der Waals surface area contributed by atoms with Crippen LogP contribution in [0.25, 0.3) is 0 Å². The van der Waals surface area contributed by atoms with Crippen molar-refractivity contribution in [3.8, 4) is 0 Å². The van der Waals surface area contributed by atoms with Gasteiger partial charge in [-0.1, -0.05) is 0 Å². The normalized spacial score (nSPS) is 14.2. The number of hydrogen-bond donors (Lipinski definition) is 2. The summed E-state index contributed by atoms with van der Waals surface area (Å²) in [6, 6.07) is 0. The molecule has 0 heterocycles. The summed E-state index contributed by atoms with van der Waals surface area (Å²) in [6.07, 6.45) is 2.21. The van der Waals surface area contributed by atoms with E-state index in [9.17, 15) is 4.57 Å². The average Bonchev–Trinajstić information content (AvgIpc) is 1.66. The molecule has 0 saturated heterocycles. The van der Waals surface area contributed by atoms with E-state index in [1.54, 1.807) is 0 Å². The Bertz CT molecular complexity index is 99.5. The minimum absolute atomic E-state index is 0.185. The molecule has 0 amide bonds. The van der Waals surface area contributed by atoms with Gasteiger partial charge in [-0.25, -0.2) is 4.57 Å². The number of aliphatic hydroxyl groups excluding tert-OH is 1. The predicted molar refractivity (Wildman–Crippen MR) is 28.5 cm³/mol. The molecule has 0 radical (unpaired) electrons. The zero-order chi connectivity index (χ0) is 6.41. The van der Waals surface area contributed by atoms with Gasteiger partial charge in [0.05, 0.1) is 12.9 Å². The van der Waals surface area contributed by atoms with E-state index in [1.807, 2.05) is 0 Å². The van der Waals surface area contributed by atoms with Gasteiger partial charge in [0, 0.05) is 0 Å². The summed E-state index contributed by atoms with van der Waals surface area (Å²) in [5.74, 6) is 0. The van der Waals surface area contributed by atoms with Crippen molar-refractivity contribution in [2.24, 2.45) is 0 Å². The highest BCUT2D eigenvalue weighted by Gasteiger charge is 1.80. The Hall–Kier alpha value is -0.310. The maximum absolute atomic E-state index is 9.70. The Morgan fingerprint density at radius 2 is 2.38 bits per heavy atom. The SMILES string of the molecule is O=[PH](O)O/C=C/CO. The van der Waals surface area contributed by atoms with Crippen LogP contribution in [-0.4, -0.2) is 16.6 Å². The van der Waals surface area contributed by atoms with Crippen LogP contribution in [0.15, 0.2) is 12.3 Å². The Labute approximate surface area is 47.4 Å². The predicted octanol–water partition coefficient (Wildman–Crippen LogP) is -0.109. The number of rotatable bonds is 3. The molecule has 4 nitrogen and oxygen atoms in total. The lowest BCUT2D eigenvalue weighted by Gasteiger charge is -1.88. The molecule has 0 aromatic carbocycles. The first-order chi connectivity index (χ1) is 3.77. The Morgan fingerprint density at radius 1 is 1.75 bits per heavy atom. The summed E-state index contributed by atoms with van der Waals surface area (Å²) in [4.78, 5) is 7.97. The molecule has 0 aromatic heterocycles. The van der Waals surface area contributed by atoms with Gasteiger partial charge in [-0.2, -0.15) is 0 Å².